The number of benzene rings is 2. The largest absolute Gasteiger partial charge is 0.347 e. The third-order valence-electron chi connectivity index (χ3n) is 3.23. The smallest absolute Gasteiger partial charge is 0.243 e. The van der Waals surface area contributed by atoms with Crippen LogP contribution in [-0.2, 0) is 20.8 Å². The maximum absolute atomic E-state index is 11.9. The lowest BCUT2D eigenvalue weighted by Gasteiger charge is -2.09. The SMILES string of the molecule is CC(=O)Nc1ccc(CC(=O)NCC(=O)Nc2ccccc2Br)cc1. The van der Waals surface area contributed by atoms with Gasteiger partial charge >= 0.3 is 0 Å². The molecule has 0 saturated carbocycles. The average molecular weight is 404 g/mol. The molecule has 0 aromatic heterocycles. The van der Waals surface area contributed by atoms with Gasteiger partial charge in [-0.05, 0) is 45.8 Å². The Hall–Kier alpha value is -2.67. The van der Waals surface area contributed by atoms with Crippen molar-refractivity contribution in [3.63, 3.8) is 0 Å². The topological polar surface area (TPSA) is 87.3 Å². The van der Waals surface area contributed by atoms with Gasteiger partial charge in [0.05, 0.1) is 18.7 Å². The second-order valence-corrected chi connectivity index (χ2v) is 6.21. The lowest BCUT2D eigenvalue weighted by atomic mass is 10.1. The fourth-order valence-electron chi connectivity index (χ4n) is 2.09. The Morgan fingerprint density at radius 1 is 0.920 bits per heavy atom. The predicted octanol–water partition coefficient (Wildman–Crippen LogP) is 2.70. The highest BCUT2D eigenvalue weighted by Crippen LogP contribution is 2.20. The molecule has 130 valence electrons. The highest BCUT2D eigenvalue weighted by atomic mass is 79.9. The summed E-state index contributed by atoms with van der Waals surface area (Å²) in [5, 5.41) is 7.95. The summed E-state index contributed by atoms with van der Waals surface area (Å²) >= 11 is 3.34. The van der Waals surface area contributed by atoms with E-state index in [1.165, 1.54) is 6.92 Å². The van der Waals surface area contributed by atoms with E-state index in [4.69, 9.17) is 0 Å². The lowest BCUT2D eigenvalue weighted by molar-refractivity contribution is -0.123. The Morgan fingerprint density at radius 2 is 1.60 bits per heavy atom. The van der Waals surface area contributed by atoms with Gasteiger partial charge in [-0.1, -0.05) is 24.3 Å². The van der Waals surface area contributed by atoms with Crippen LogP contribution >= 0.6 is 15.9 Å². The van der Waals surface area contributed by atoms with E-state index in [-0.39, 0.29) is 30.7 Å². The van der Waals surface area contributed by atoms with Crippen LogP contribution in [0.4, 0.5) is 11.4 Å². The molecule has 25 heavy (non-hydrogen) atoms. The highest BCUT2D eigenvalue weighted by Gasteiger charge is 2.08. The standard InChI is InChI=1S/C18H18BrN3O3/c1-12(23)21-14-8-6-13(7-9-14)10-17(24)20-11-18(25)22-16-5-3-2-4-15(16)19/h2-9H,10-11H2,1H3,(H,20,24)(H,21,23)(H,22,25). The second-order valence-electron chi connectivity index (χ2n) is 5.36. The zero-order valence-electron chi connectivity index (χ0n) is 13.6. The van der Waals surface area contributed by atoms with Crippen LogP contribution in [0.2, 0.25) is 0 Å². The molecule has 0 unspecified atom stereocenters. The molecular formula is C18H18BrN3O3. The van der Waals surface area contributed by atoms with E-state index in [9.17, 15) is 14.4 Å². The maximum Gasteiger partial charge on any atom is 0.243 e. The molecule has 0 aliphatic heterocycles. The van der Waals surface area contributed by atoms with Crippen molar-refractivity contribution < 1.29 is 14.4 Å². The van der Waals surface area contributed by atoms with E-state index in [0.29, 0.717) is 11.4 Å². The molecule has 0 spiro atoms. The maximum atomic E-state index is 11.9. The van der Waals surface area contributed by atoms with Crippen molar-refractivity contribution in [1.82, 2.24) is 5.32 Å². The number of carbonyl (C=O) groups is 3. The van der Waals surface area contributed by atoms with Crippen molar-refractivity contribution in [3.05, 3.63) is 58.6 Å². The Kier molecular flexibility index (Phi) is 6.71. The van der Waals surface area contributed by atoms with E-state index < -0.39 is 0 Å². The van der Waals surface area contributed by atoms with Crippen LogP contribution in [0.1, 0.15) is 12.5 Å². The first-order valence-corrected chi connectivity index (χ1v) is 8.41. The van der Waals surface area contributed by atoms with Gasteiger partial charge in [0.2, 0.25) is 17.7 Å². The molecule has 0 aliphatic carbocycles. The molecule has 0 saturated heterocycles. The fraction of sp³-hybridized carbons (Fsp3) is 0.167. The number of para-hydroxylation sites is 1. The molecular weight excluding hydrogens is 386 g/mol. The first kappa shape index (κ1) is 18.7. The van der Waals surface area contributed by atoms with Gasteiger partial charge in [0.1, 0.15) is 0 Å². The third-order valence-corrected chi connectivity index (χ3v) is 3.92. The summed E-state index contributed by atoms with van der Waals surface area (Å²) in [5.74, 6) is -0.711. The zero-order chi connectivity index (χ0) is 18.2. The number of hydrogen-bond donors (Lipinski definition) is 3. The van der Waals surface area contributed by atoms with Crippen molar-refractivity contribution in [3.8, 4) is 0 Å². The molecule has 0 atom stereocenters. The minimum absolute atomic E-state index is 0.107. The second kappa shape index (κ2) is 8.98. The van der Waals surface area contributed by atoms with Gasteiger partial charge in [-0.3, -0.25) is 14.4 Å². The number of carbonyl (C=O) groups excluding carboxylic acids is 3. The summed E-state index contributed by atoms with van der Waals surface area (Å²) in [6.45, 7) is 1.32. The van der Waals surface area contributed by atoms with Gasteiger partial charge in [-0.25, -0.2) is 0 Å². The van der Waals surface area contributed by atoms with Crippen molar-refractivity contribution in [1.29, 1.82) is 0 Å². The van der Waals surface area contributed by atoms with Crippen LogP contribution in [-0.4, -0.2) is 24.3 Å². The Balaban J connectivity index is 1.79. The molecule has 2 aromatic rings. The average Bonchev–Trinajstić information content (AvgIpc) is 2.56. The first-order chi connectivity index (χ1) is 11.9. The van der Waals surface area contributed by atoms with Crippen LogP contribution < -0.4 is 16.0 Å². The van der Waals surface area contributed by atoms with Crippen LogP contribution in [0.25, 0.3) is 0 Å². The van der Waals surface area contributed by atoms with Crippen LogP contribution in [0, 0.1) is 0 Å². The number of amides is 3. The molecule has 2 rings (SSSR count). The Bertz CT molecular complexity index is 775. The molecule has 2 aromatic carbocycles. The van der Waals surface area contributed by atoms with Gasteiger partial charge < -0.3 is 16.0 Å². The van der Waals surface area contributed by atoms with Crippen molar-refractivity contribution in [2.24, 2.45) is 0 Å². The molecule has 3 N–H and O–H groups in total. The minimum atomic E-state index is -0.304. The lowest BCUT2D eigenvalue weighted by Crippen LogP contribution is -2.33. The van der Waals surface area contributed by atoms with Gasteiger partial charge in [-0.2, -0.15) is 0 Å². The van der Waals surface area contributed by atoms with Gasteiger partial charge in [0.15, 0.2) is 0 Å². The first-order valence-electron chi connectivity index (χ1n) is 7.61. The predicted molar refractivity (Wildman–Crippen MR) is 100 cm³/mol. The molecule has 7 heteroatoms. The number of halogens is 1. The van der Waals surface area contributed by atoms with Gasteiger partial charge in [0.25, 0.3) is 0 Å². The monoisotopic (exact) mass is 403 g/mol. The quantitative estimate of drug-likeness (QED) is 0.692. The highest BCUT2D eigenvalue weighted by molar-refractivity contribution is 9.10. The van der Waals surface area contributed by atoms with E-state index in [0.717, 1.165) is 10.0 Å². The van der Waals surface area contributed by atoms with Gasteiger partial charge in [0, 0.05) is 17.1 Å². The number of rotatable bonds is 6. The molecule has 0 aliphatic rings. The van der Waals surface area contributed by atoms with Crippen molar-refractivity contribution in [2.45, 2.75) is 13.3 Å². The fourth-order valence-corrected chi connectivity index (χ4v) is 2.48. The normalized spacial score (nSPS) is 10.0. The minimum Gasteiger partial charge on any atom is -0.347 e. The summed E-state index contributed by atoms with van der Waals surface area (Å²) in [6, 6.07) is 14.2. The Morgan fingerprint density at radius 3 is 2.24 bits per heavy atom. The molecule has 0 radical (unpaired) electrons. The molecule has 3 amide bonds. The zero-order valence-corrected chi connectivity index (χ0v) is 15.2. The summed E-state index contributed by atoms with van der Waals surface area (Å²) in [7, 11) is 0. The molecule has 0 heterocycles. The summed E-state index contributed by atoms with van der Waals surface area (Å²) in [6.07, 6.45) is 0.155. The number of nitrogens with one attached hydrogen (secondary N) is 3. The molecule has 0 fully saturated rings. The van der Waals surface area contributed by atoms with Crippen LogP contribution in [0.15, 0.2) is 53.0 Å². The third kappa shape index (κ3) is 6.39. The molecule has 0 bridgehead atoms. The molecule has 6 nitrogen and oxygen atoms in total. The van der Waals surface area contributed by atoms with Crippen molar-refractivity contribution >= 4 is 45.0 Å². The summed E-state index contributed by atoms with van der Waals surface area (Å²) in [4.78, 5) is 34.8. The van der Waals surface area contributed by atoms with E-state index >= 15 is 0 Å². The van der Waals surface area contributed by atoms with Gasteiger partial charge in [-0.15, -0.1) is 0 Å². The van der Waals surface area contributed by atoms with E-state index in [1.54, 1.807) is 30.3 Å². The van der Waals surface area contributed by atoms with Crippen molar-refractivity contribution in [2.75, 3.05) is 17.2 Å². The summed E-state index contributed by atoms with van der Waals surface area (Å²) in [5.41, 5.74) is 2.11. The number of hydrogen-bond acceptors (Lipinski definition) is 3. The van der Waals surface area contributed by atoms with Crippen LogP contribution in [0.5, 0.6) is 0 Å². The van der Waals surface area contributed by atoms with Crippen LogP contribution in [0.3, 0.4) is 0 Å². The number of anilines is 2. The van der Waals surface area contributed by atoms with E-state index in [1.807, 2.05) is 18.2 Å². The summed E-state index contributed by atoms with van der Waals surface area (Å²) < 4.78 is 0.772. The Labute approximate surface area is 154 Å². The van der Waals surface area contributed by atoms with E-state index in [2.05, 4.69) is 31.9 Å².